The van der Waals surface area contributed by atoms with Crippen molar-refractivity contribution in [2.24, 2.45) is 0 Å². The Hall–Kier alpha value is -5.06. The first-order chi connectivity index (χ1) is 20.8. The molecule has 0 fully saturated rings. The van der Waals surface area contributed by atoms with E-state index in [2.05, 4.69) is 15.3 Å². The lowest BCUT2D eigenvalue weighted by atomic mass is 9.83. The van der Waals surface area contributed by atoms with Crippen molar-refractivity contribution >= 4 is 56.1 Å². The molecule has 0 saturated heterocycles. The first kappa shape index (κ1) is 28.1. The lowest BCUT2D eigenvalue weighted by Gasteiger charge is -2.31. The second-order valence-electron chi connectivity index (χ2n) is 9.62. The minimum Gasteiger partial charge on any atom is -0.496 e. The number of nitrogens with one attached hydrogen (secondary N) is 1. The average molecular weight is 611 g/mol. The molecule has 214 valence electrons. The molecule has 3 aromatic carbocycles. The van der Waals surface area contributed by atoms with Gasteiger partial charge in [0.1, 0.15) is 10.6 Å². The summed E-state index contributed by atoms with van der Waals surface area (Å²) >= 11 is 6.44. The highest BCUT2D eigenvalue weighted by Crippen LogP contribution is 2.50. The molecule has 0 aliphatic carbocycles. The standard InChI is InChI=1S/C32H23ClN4O5S/c1-42-27-9-3-2-8-24(27)32(36-29(38)14-11-21-15-18-34-19-16-21)25-20-23(33)12-13-26(25)37(31(32)39)43(40,41)28-10-4-6-22-7-5-17-35-30(22)28/h2-20H,1H3,(H,36,38). The molecule has 1 aliphatic rings. The molecular weight excluding hydrogens is 588 g/mol. The molecule has 0 spiro atoms. The van der Waals surface area contributed by atoms with Gasteiger partial charge in [0, 0.05) is 46.2 Å². The number of carbonyl (C=O) groups is 2. The van der Waals surface area contributed by atoms with Gasteiger partial charge in [-0.05, 0) is 60.2 Å². The monoisotopic (exact) mass is 610 g/mol. The number of ether oxygens (including phenoxy) is 1. The molecule has 1 atom stereocenters. The van der Waals surface area contributed by atoms with Crippen molar-refractivity contribution in [3.05, 3.63) is 131 Å². The van der Waals surface area contributed by atoms with Gasteiger partial charge in [-0.2, -0.15) is 4.31 Å². The van der Waals surface area contributed by atoms with Crippen molar-refractivity contribution in [2.75, 3.05) is 11.4 Å². The molecule has 1 N–H and O–H groups in total. The predicted octanol–water partition coefficient (Wildman–Crippen LogP) is 5.10. The minimum absolute atomic E-state index is 0.0339. The molecule has 0 radical (unpaired) electrons. The van der Waals surface area contributed by atoms with Gasteiger partial charge in [-0.3, -0.25) is 19.6 Å². The molecule has 0 saturated carbocycles. The van der Waals surface area contributed by atoms with Crippen LogP contribution >= 0.6 is 11.6 Å². The van der Waals surface area contributed by atoms with Crippen LogP contribution in [0.1, 0.15) is 16.7 Å². The Morgan fingerprint density at radius 3 is 2.51 bits per heavy atom. The number of halogens is 1. The number of pyridine rings is 2. The first-order valence-electron chi connectivity index (χ1n) is 13.0. The van der Waals surface area contributed by atoms with E-state index in [1.807, 2.05) is 0 Å². The Morgan fingerprint density at radius 1 is 0.953 bits per heavy atom. The highest BCUT2D eigenvalue weighted by atomic mass is 35.5. The van der Waals surface area contributed by atoms with E-state index in [1.54, 1.807) is 79.1 Å². The van der Waals surface area contributed by atoms with Gasteiger partial charge in [-0.25, -0.2) is 8.42 Å². The van der Waals surface area contributed by atoms with Crippen LogP contribution < -0.4 is 14.4 Å². The zero-order chi connectivity index (χ0) is 30.2. The number of benzene rings is 3. The van der Waals surface area contributed by atoms with Crippen LogP contribution in [-0.2, 0) is 25.2 Å². The lowest BCUT2D eigenvalue weighted by Crippen LogP contribution is -2.54. The third-order valence-electron chi connectivity index (χ3n) is 7.16. The third kappa shape index (κ3) is 4.70. The number of nitrogens with zero attached hydrogens (tertiary/aromatic N) is 3. The minimum atomic E-state index is -4.57. The first-order valence-corrected chi connectivity index (χ1v) is 14.9. The number of para-hydroxylation sites is 2. The molecular formula is C32H23ClN4O5S. The number of rotatable bonds is 7. The smallest absolute Gasteiger partial charge is 0.276 e. The van der Waals surface area contributed by atoms with E-state index in [9.17, 15) is 18.0 Å². The Morgan fingerprint density at radius 2 is 1.72 bits per heavy atom. The fraction of sp³-hybridized carbons (Fsp3) is 0.0625. The van der Waals surface area contributed by atoms with Crippen LogP contribution in [0.3, 0.4) is 0 Å². The maximum Gasteiger partial charge on any atom is 0.276 e. The van der Waals surface area contributed by atoms with Crippen LogP contribution in [0.25, 0.3) is 17.0 Å². The van der Waals surface area contributed by atoms with Gasteiger partial charge in [0.05, 0.1) is 18.3 Å². The second-order valence-corrected chi connectivity index (χ2v) is 11.8. The molecule has 6 rings (SSSR count). The van der Waals surface area contributed by atoms with Crippen LogP contribution in [0.2, 0.25) is 5.02 Å². The Kier molecular flexibility index (Phi) is 7.17. The van der Waals surface area contributed by atoms with Gasteiger partial charge < -0.3 is 10.1 Å². The van der Waals surface area contributed by atoms with E-state index in [0.717, 1.165) is 0 Å². The van der Waals surface area contributed by atoms with Crippen LogP contribution in [0, 0.1) is 0 Å². The van der Waals surface area contributed by atoms with Gasteiger partial charge >= 0.3 is 0 Å². The van der Waals surface area contributed by atoms with E-state index in [1.165, 1.54) is 43.6 Å². The molecule has 9 nitrogen and oxygen atoms in total. The fourth-order valence-corrected chi connectivity index (χ4v) is 7.07. The highest BCUT2D eigenvalue weighted by molar-refractivity contribution is 7.93. The third-order valence-corrected chi connectivity index (χ3v) is 9.12. The van der Waals surface area contributed by atoms with E-state index < -0.39 is 27.4 Å². The van der Waals surface area contributed by atoms with Gasteiger partial charge in [-0.15, -0.1) is 0 Å². The number of sulfonamides is 1. The number of hydrogen-bond acceptors (Lipinski definition) is 7. The molecule has 1 unspecified atom stereocenters. The molecule has 2 aromatic heterocycles. The second kappa shape index (κ2) is 11.0. The quantitative estimate of drug-likeness (QED) is 0.255. The SMILES string of the molecule is COc1ccccc1C1(NC(=O)C=Cc2ccncc2)C(=O)N(S(=O)(=O)c2cccc3cccnc23)c2ccc(Cl)cc21. The van der Waals surface area contributed by atoms with Crippen LogP contribution in [-0.4, -0.2) is 37.3 Å². The van der Waals surface area contributed by atoms with Crippen molar-refractivity contribution in [1.29, 1.82) is 0 Å². The fourth-order valence-electron chi connectivity index (χ4n) is 5.26. The van der Waals surface area contributed by atoms with Gasteiger partial charge in [0.2, 0.25) is 5.91 Å². The Labute approximate surface area is 252 Å². The molecule has 43 heavy (non-hydrogen) atoms. The van der Waals surface area contributed by atoms with Gasteiger partial charge in [-0.1, -0.05) is 48.0 Å². The summed E-state index contributed by atoms with van der Waals surface area (Å²) in [6.45, 7) is 0. The summed E-state index contributed by atoms with van der Waals surface area (Å²) in [6.07, 6.45) is 7.46. The Balaban J connectivity index is 1.58. The summed E-state index contributed by atoms with van der Waals surface area (Å²) in [5.41, 5.74) is -0.704. The summed E-state index contributed by atoms with van der Waals surface area (Å²) in [4.78, 5) is 36.5. The largest absolute Gasteiger partial charge is 0.496 e. The van der Waals surface area contributed by atoms with Crippen molar-refractivity contribution in [2.45, 2.75) is 10.4 Å². The summed E-state index contributed by atoms with van der Waals surface area (Å²) in [5, 5.41) is 3.64. The average Bonchev–Trinajstić information content (AvgIpc) is 3.27. The normalized spacial score (nSPS) is 16.4. The van der Waals surface area contributed by atoms with E-state index in [4.69, 9.17) is 16.3 Å². The number of hydrogen-bond donors (Lipinski definition) is 1. The molecule has 1 aliphatic heterocycles. The maximum absolute atomic E-state index is 14.8. The topological polar surface area (TPSA) is 119 Å². The summed E-state index contributed by atoms with van der Waals surface area (Å²) in [7, 11) is -3.15. The summed E-state index contributed by atoms with van der Waals surface area (Å²) in [6, 6.07) is 22.6. The van der Waals surface area contributed by atoms with Crippen LogP contribution in [0.4, 0.5) is 5.69 Å². The van der Waals surface area contributed by atoms with E-state index in [-0.39, 0.29) is 38.0 Å². The van der Waals surface area contributed by atoms with E-state index >= 15 is 0 Å². The summed E-state index contributed by atoms with van der Waals surface area (Å²) in [5.74, 6) is -1.34. The zero-order valence-corrected chi connectivity index (χ0v) is 24.2. The molecule has 3 heterocycles. The number of aromatic nitrogens is 2. The predicted molar refractivity (Wildman–Crippen MR) is 163 cm³/mol. The zero-order valence-electron chi connectivity index (χ0n) is 22.6. The van der Waals surface area contributed by atoms with Crippen molar-refractivity contribution in [3.63, 3.8) is 0 Å². The van der Waals surface area contributed by atoms with Crippen LogP contribution in [0.5, 0.6) is 5.75 Å². The maximum atomic E-state index is 14.8. The molecule has 11 heteroatoms. The number of amides is 2. The van der Waals surface area contributed by atoms with Crippen molar-refractivity contribution in [3.8, 4) is 5.75 Å². The van der Waals surface area contributed by atoms with Crippen LogP contribution in [0.15, 0.2) is 114 Å². The number of methoxy groups -OCH3 is 1. The molecule has 5 aromatic rings. The Bertz CT molecular complexity index is 2030. The number of fused-ring (bicyclic) bond motifs is 2. The highest BCUT2D eigenvalue weighted by Gasteiger charge is 2.58. The van der Waals surface area contributed by atoms with Gasteiger partial charge in [0.25, 0.3) is 15.9 Å². The van der Waals surface area contributed by atoms with Crippen molar-refractivity contribution < 1.29 is 22.7 Å². The molecule has 0 bridgehead atoms. The lowest BCUT2D eigenvalue weighted by molar-refractivity contribution is -0.127. The van der Waals surface area contributed by atoms with Crippen molar-refractivity contribution in [1.82, 2.24) is 15.3 Å². The molecule has 2 amide bonds. The van der Waals surface area contributed by atoms with E-state index in [0.29, 0.717) is 15.3 Å². The summed E-state index contributed by atoms with van der Waals surface area (Å²) < 4.78 is 35.2. The number of carbonyl (C=O) groups excluding carboxylic acids is 2. The van der Waals surface area contributed by atoms with Gasteiger partial charge in [0.15, 0.2) is 5.54 Å². The number of anilines is 1.